The Labute approximate surface area is 34.4 Å². The second-order valence-corrected chi connectivity index (χ2v) is 0.439. The Hall–Kier alpha value is -0.0300. The van der Waals surface area contributed by atoms with E-state index in [2.05, 4.69) is 15.9 Å². The largest absolute Gasteiger partial charge is 0.185 e. The SMILES string of the molecule is C.N#CBr. The molecule has 0 radical (unpaired) electrons. The van der Waals surface area contributed by atoms with Gasteiger partial charge in [0.25, 0.3) is 0 Å². The molecule has 0 rings (SSSR count). The van der Waals surface area contributed by atoms with E-state index in [0.29, 0.717) is 0 Å². The second-order valence-electron chi connectivity index (χ2n) is 0.0845. The van der Waals surface area contributed by atoms with Gasteiger partial charge in [-0.2, -0.15) is 5.26 Å². The molecule has 24 valence electrons. The van der Waals surface area contributed by atoms with Crippen molar-refractivity contribution in [3.63, 3.8) is 0 Å². The van der Waals surface area contributed by atoms with Crippen molar-refractivity contribution in [2.24, 2.45) is 0 Å². The summed E-state index contributed by atoms with van der Waals surface area (Å²) in [6.45, 7) is 0. The highest BCUT2D eigenvalue weighted by atomic mass is 79.9. The Morgan fingerprint density at radius 1 is 1.75 bits per heavy atom. The lowest BCUT2D eigenvalue weighted by molar-refractivity contribution is 1.57. The smallest absolute Gasteiger partial charge is 0.142 e. The quantitative estimate of drug-likeness (QED) is 0.477. The van der Waals surface area contributed by atoms with Crippen molar-refractivity contribution in [1.29, 1.82) is 5.26 Å². The van der Waals surface area contributed by atoms with E-state index in [1.807, 2.05) is 0 Å². The molecule has 0 spiro atoms. The molecule has 2 heteroatoms. The van der Waals surface area contributed by atoms with Crippen molar-refractivity contribution >= 4 is 15.9 Å². The Morgan fingerprint density at radius 2 is 1.75 bits per heavy atom. The first-order valence-corrected chi connectivity index (χ1v) is 1.21. The zero-order valence-electron chi connectivity index (χ0n) is 1.33. The van der Waals surface area contributed by atoms with Gasteiger partial charge in [0.05, 0.1) is 0 Å². The van der Waals surface area contributed by atoms with E-state index in [4.69, 9.17) is 5.26 Å². The van der Waals surface area contributed by atoms with Gasteiger partial charge < -0.3 is 0 Å². The molecule has 0 bridgehead atoms. The van der Waals surface area contributed by atoms with E-state index < -0.39 is 0 Å². The lowest BCUT2D eigenvalue weighted by Gasteiger charge is -1.10. The van der Waals surface area contributed by atoms with E-state index in [0.717, 1.165) is 0 Å². The summed E-state index contributed by atoms with van der Waals surface area (Å²) >= 11 is 2.45. The van der Waals surface area contributed by atoms with Gasteiger partial charge in [-0.15, -0.1) is 0 Å². The number of hydrogen-bond donors (Lipinski definition) is 0. The van der Waals surface area contributed by atoms with Crippen molar-refractivity contribution < 1.29 is 0 Å². The van der Waals surface area contributed by atoms with Crippen LogP contribution in [0.15, 0.2) is 0 Å². The molecule has 0 aromatic heterocycles. The van der Waals surface area contributed by atoms with E-state index >= 15 is 0 Å². The summed E-state index contributed by atoms with van der Waals surface area (Å²) in [7, 11) is 0. The lowest BCUT2D eigenvalue weighted by Crippen LogP contribution is -0.920. The van der Waals surface area contributed by atoms with Gasteiger partial charge in [0.2, 0.25) is 0 Å². The predicted molar refractivity (Wildman–Crippen MR) is 21.3 cm³/mol. The van der Waals surface area contributed by atoms with Crippen LogP contribution in [-0.2, 0) is 0 Å². The lowest BCUT2D eigenvalue weighted by atomic mass is 11.8. The molecular formula is C2H4BrN. The molecule has 0 aliphatic carbocycles. The van der Waals surface area contributed by atoms with Crippen LogP contribution >= 0.6 is 15.9 Å². The third-order valence-corrected chi connectivity index (χ3v) is 0. The van der Waals surface area contributed by atoms with Crippen LogP contribution < -0.4 is 0 Å². The van der Waals surface area contributed by atoms with Crippen LogP contribution in [0.2, 0.25) is 0 Å². The maximum Gasteiger partial charge on any atom is 0.142 e. The highest BCUT2D eigenvalue weighted by Gasteiger charge is 1.22. The van der Waals surface area contributed by atoms with Crippen molar-refractivity contribution in [2.45, 2.75) is 7.43 Å². The molecular weight excluding hydrogens is 118 g/mol. The fraction of sp³-hybridized carbons (Fsp3) is 0.500. The normalized spacial score (nSPS) is 2.00. The van der Waals surface area contributed by atoms with Crippen LogP contribution in [0.25, 0.3) is 0 Å². The molecule has 0 atom stereocenters. The van der Waals surface area contributed by atoms with E-state index in [-0.39, 0.29) is 7.43 Å². The Balaban J connectivity index is 0. The van der Waals surface area contributed by atoms with Gasteiger partial charge in [0, 0.05) is 15.9 Å². The Morgan fingerprint density at radius 3 is 1.75 bits per heavy atom. The molecule has 0 fully saturated rings. The summed E-state index contributed by atoms with van der Waals surface area (Å²) in [5.74, 6) is 0. The molecule has 0 aliphatic heterocycles. The van der Waals surface area contributed by atoms with Gasteiger partial charge in [-0.05, 0) is 0 Å². The highest BCUT2D eigenvalue weighted by Crippen LogP contribution is 1.58. The Kier molecular flexibility index (Phi) is 27.6. The summed E-state index contributed by atoms with van der Waals surface area (Å²) in [5, 5.41) is 7.24. The van der Waals surface area contributed by atoms with Crippen molar-refractivity contribution in [3.8, 4) is 4.98 Å². The maximum absolute atomic E-state index is 7.24. The fourth-order valence-corrected chi connectivity index (χ4v) is 0. The molecule has 0 saturated carbocycles. The van der Waals surface area contributed by atoms with Crippen molar-refractivity contribution in [3.05, 3.63) is 0 Å². The second kappa shape index (κ2) is 12.3. The minimum absolute atomic E-state index is 0. The van der Waals surface area contributed by atoms with Gasteiger partial charge in [-0.25, -0.2) is 0 Å². The zero-order valence-corrected chi connectivity index (χ0v) is 2.91. The monoisotopic (exact) mass is 121 g/mol. The van der Waals surface area contributed by atoms with Gasteiger partial charge in [0.15, 0.2) is 0 Å². The molecule has 0 aromatic rings. The molecule has 0 aliphatic rings. The minimum atomic E-state index is 0. The van der Waals surface area contributed by atoms with Crippen LogP contribution in [0.5, 0.6) is 0 Å². The van der Waals surface area contributed by atoms with Gasteiger partial charge in [-0.3, -0.25) is 0 Å². The summed E-state index contributed by atoms with van der Waals surface area (Å²) in [6, 6.07) is 0. The van der Waals surface area contributed by atoms with Crippen LogP contribution in [0, 0.1) is 10.2 Å². The fourth-order valence-electron chi connectivity index (χ4n) is 0. The molecule has 0 unspecified atom stereocenters. The van der Waals surface area contributed by atoms with Gasteiger partial charge in [-0.1, -0.05) is 7.43 Å². The van der Waals surface area contributed by atoms with Crippen LogP contribution in [0.4, 0.5) is 0 Å². The van der Waals surface area contributed by atoms with Gasteiger partial charge >= 0.3 is 0 Å². The maximum atomic E-state index is 7.24. The van der Waals surface area contributed by atoms with Crippen LogP contribution in [0.3, 0.4) is 0 Å². The first-order chi connectivity index (χ1) is 1.41. The van der Waals surface area contributed by atoms with E-state index in [9.17, 15) is 0 Å². The molecule has 0 amide bonds. The number of rotatable bonds is 0. The number of halogens is 1. The topological polar surface area (TPSA) is 23.8 Å². The molecule has 1 nitrogen and oxygen atoms in total. The van der Waals surface area contributed by atoms with Crippen LogP contribution in [-0.4, -0.2) is 0 Å². The Bertz CT molecular complexity index is 27.5. The number of nitriles is 1. The first-order valence-electron chi connectivity index (χ1n) is 0.413. The van der Waals surface area contributed by atoms with Gasteiger partial charge in [0.1, 0.15) is 4.98 Å². The molecule has 0 N–H and O–H groups in total. The standard InChI is InChI=1S/CBrN.CH4/c2-1-3;/h;1H4. The van der Waals surface area contributed by atoms with E-state index in [1.165, 1.54) is 0 Å². The third kappa shape index (κ3) is 2060. The average molecular weight is 122 g/mol. The average Bonchev–Trinajstić information content (AvgIpc) is 0.918. The van der Waals surface area contributed by atoms with Crippen molar-refractivity contribution in [1.82, 2.24) is 0 Å². The molecule has 0 saturated heterocycles. The summed E-state index contributed by atoms with van der Waals surface area (Å²) < 4.78 is 0. The predicted octanol–water partition coefficient (Wildman–Crippen LogP) is 1.50. The summed E-state index contributed by atoms with van der Waals surface area (Å²) in [4.78, 5) is 1.56. The minimum Gasteiger partial charge on any atom is -0.185 e. The third-order valence-electron chi connectivity index (χ3n) is 0. The highest BCUT2D eigenvalue weighted by molar-refractivity contribution is 9.12. The van der Waals surface area contributed by atoms with Crippen molar-refractivity contribution in [2.75, 3.05) is 0 Å². The number of nitrogens with zero attached hydrogens (tertiary/aromatic N) is 1. The number of hydrogen-bond acceptors (Lipinski definition) is 1. The van der Waals surface area contributed by atoms with Crippen LogP contribution in [0.1, 0.15) is 7.43 Å². The molecule has 4 heavy (non-hydrogen) atoms. The molecule has 0 heterocycles. The summed E-state index contributed by atoms with van der Waals surface area (Å²) in [5.41, 5.74) is 0. The first kappa shape index (κ1) is 9.02. The molecule has 0 aromatic carbocycles. The summed E-state index contributed by atoms with van der Waals surface area (Å²) in [6.07, 6.45) is 0. The van der Waals surface area contributed by atoms with E-state index in [1.54, 1.807) is 4.98 Å². The zero-order chi connectivity index (χ0) is 2.71.